The van der Waals surface area contributed by atoms with Gasteiger partial charge in [0.15, 0.2) is 5.78 Å². The molecule has 2 N–H and O–H groups in total. The fraction of sp³-hybridized carbons (Fsp3) is 0.364. The molecule has 82 valence electrons. The van der Waals surface area contributed by atoms with Gasteiger partial charge in [0, 0.05) is 0 Å². The highest BCUT2D eigenvalue weighted by Crippen LogP contribution is 2.28. The van der Waals surface area contributed by atoms with Gasteiger partial charge in [0.05, 0.1) is 19.2 Å². The van der Waals surface area contributed by atoms with E-state index in [9.17, 15) is 9.18 Å². The summed E-state index contributed by atoms with van der Waals surface area (Å²) in [5.74, 6) is -0.318. The van der Waals surface area contributed by atoms with Crippen LogP contribution in [0.15, 0.2) is 6.07 Å². The minimum atomic E-state index is -0.412. The molecule has 15 heavy (non-hydrogen) atoms. The van der Waals surface area contributed by atoms with E-state index in [0.717, 1.165) is 0 Å². The van der Waals surface area contributed by atoms with E-state index in [1.54, 1.807) is 13.8 Å². The van der Waals surface area contributed by atoms with Crippen LogP contribution in [-0.2, 0) is 0 Å². The Balaban J connectivity index is 3.50. The van der Waals surface area contributed by atoms with Crippen molar-refractivity contribution in [2.45, 2.75) is 13.8 Å². The van der Waals surface area contributed by atoms with Crippen LogP contribution in [0.5, 0.6) is 5.75 Å². The van der Waals surface area contributed by atoms with Gasteiger partial charge in [-0.3, -0.25) is 4.79 Å². The van der Waals surface area contributed by atoms with Gasteiger partial charge in [0.25, 0.3) is 0 Å². The smallest absolute Gasteiger partial charge is 0.180 e. The van der Waals surface area contributed by atoms with Gasteiger partial charge in [0.1, 0.15) is 11.6 Å². The molecule has 0 amide bonds. The van der Waals surface area contributed by atoms with Crippen molar-refractivity contribution in [3.8, 4) is 5.75 Å². The number of ketones is 1. The largest absolute Gasteiger partial charge is 0.496 e. The van der Waals surface area contributed by atoms with Crippen molar-refractivity contribution in [3.05, 3.63) is 28.6 Å². The van der Waals surface area contributed by atoms with Crippen LogP contribution in [0.4, 0.5) is 4.39 Å². The van der Waals surface area contributed by atoms with Crippen molar-refractivity contribution in [2.75, 3.05) is 13.7 Å². The molecule has 0 aliphatic rings. The molecule has 4 heteroatoms. The van der Waals surface area contributed by atoms with Crippen molar-refractivity contribution < 1.29 is 13.9 Å². The zero-order valence-electron chi connectivity index (χ0n) is 9.06. The van der Waals surface area contributed by atoms with Crippen molar-refractivity contribution in [3.63, 3.8) is 0 Å². The molecule has 0 aliphatic heterocycles. The second-order valence-corrected chi connectivity index (χ2v) is 3.34. The third-order valence-electron chi connectivity index (χ3n) is 2.33. The molecule has 0 unspecified atom stereocenters. The SMILES string of the molecule is COc1c(C)cc(F)c(C)c1C(=O)CN. The molecule has 0 heterocycles. The molecular formula is C11H14FNO2. The van der Waals surface area contributed by atoms with Crippen molar-refractivity contribution in [1.29, 1.82) is 0 Å². The fourth-order valence-electron chi connectivity index (χ4n) is 1.55. The molecule has 0 fully saturated rings. The van der Waals surface area contributed by atoms with Crippen molar-refractivity contribution in [1.82, 2.24) is 0 Å². The summed E-state index contributed by atoms with van der Waals surface area (Å²) in [6, 6.07) is 1.35. The molecule has 1 rings (SSSR count). The van der Waals surface area contributed by atoms with Gasteiger partial charge in [-0.1, -0.05) is 0 Å². The van der Waals surface area contributed by atoms with E-state index < -0.39 is 5.82 Å². The Morgan fingerprint density at radius 3 is 2.60 bits per heavy atom. The first-order valence-corrected chi connectivity index (χ1v) is 4.59. The first-order chi connectivity index (χ1) is 7.02. The molecule has 0 saturated heterocycles. The summed E-state index contributed by atoms with van der Waals surface area (Å²) >= 11 is 0. The lowest BCUT2D eigenvalue weighted by Crippen LogP contribution is -2.17. The van der Waals surface area contributed by atoms with Crippen molar-refractivity contribution in [2.24, 2.45) is 5.73 Å². The standard InChI is InChI=1S/C11H14FNO2/c1-6-4-8(12)7(2)10(9(14)5-13)11(6)15-3/h4H,5,13H2,1-3H3. The number of hydrogen-bond acceptors (Lipinski definition) is 3. The first-order valence-electron chi connectivity index (χ1n) is 4.59. The van der Waals surface area contributed by atoms with Gasteiger partial charge >= 0.3 is 0 Å². The summed E-state index contributed by atoms with van der Waals surface area (Å²) in [5.41, 5.74) is 6.40. The Labute approximate surface area is 88.0 Å². The lowest BCUT2D eigenvalue weighted by atomic mass is 9.99. The number of aryl methyl sites for hydroxylation is 1. The quantitative estimate of drug-likeness (QED) is 0.772. The summed E-state index contributed by atoms with van der Waals surface area (Å²) < 4.78 is 18.5. The van der Waals surface area contributed by atoms with Crippen LogP contribution >= 0.6 is 0 Å². The second kappa shape index (κ2) is 4.40. The molecule has 0 saturated carbocycles. The molecule has 3 nitrogen and oxygen atoms in total. The number of halogens is 1. The van der Waals surface area contributed by atoms with Crippen LogP contribution in [0.3, 0.4) is 0 Å². The molecule has 0 spiro atoms. The number of rotatable bonds is 3. The molecule has 0 atom stereocenters. The van der Waals surface area contributed by atoms with Crippen LogP contribution in [0.25, 0.3) is 0 Å². The minimum Gasteiger partial charge on any atom is -0.496 e. The number of carbonyl (C=O) groups is 1. The normalized spacial score (nSPS) is 10.2. The Bertz CT molecular complexity index is 402. The van der Waals surface area contributed by atoms with E-state index in [4.69, 9.17) is 10.5 Å². The maximum atomic E-state index is 13.4. The number of nitrogens with two attached hydrogens (primary N) is 1. The molecule has 1 aromatic carbocycles. The number of carbonyl (C=O) groups excluding carboxylic acids is 1. The van der Waals surface area contributed by atoms with E-state index >= 15 is 0 Å². The second-order valence-electron chi connectivity index (χ2n) is 3.34. The monoisotopic (exact) mass is 211 g/mol. The molecule has 0 aliphatic carbocycles. The topological polar surface area (TPSA) is 52.3 Å². The number of methoxy groups -OCH3 is 1. The van der Waals surface area contributed by atoms with Gasteiger partial charge in [-0.15, -0.1) is 0 Å². The van der Waals surface area contributed by atoms with Gasteiger partial charge in [-0.05, 0) is 31.0 Å². The van der Waals surface area contributed by atoms with Crippen LogP contribution in [0, 0.1) is 19.7 Å². The Hall–Kier alpha value is -1.42. The number of ether oxygens (including phenoxy) is 1. The highest BCUT2D eigenvalue weighted by molar-refractivity contribution is 6.01. The van der Waals surface area contributed by atoms with Gasteiger partial charge in [-0.25, -0.2) is 4.39 Å². The van der Waals surface area contributed by atoms with Gasteiger partial charge in [-0.2, -0.15) is 0 Å². The summed E-state index contributed by atoms with van der Waals surface area (Å²) in [4.78, 5) is 11.5. The highest BCUT2D eigenvalue weighted by Gasteiger charge is 2.19. The number of Topliss-reactive ketones (excluding diaryl/α,β-unsaturated/α-hetero) is 1. The lowest BCUT2D eigenvalue weighted by Gasteiger charge is -2.13. The lowest BCUT2D eigenvalue weighted by molar-refractivity contribution is 0.0997. The first kappa shape index (κ1) is 11.7. The summed E-state index contributed by atoms with van der Waals surface area (Å²) in [7, 11) is 1.45. The molecule has 1 aromatic rings. The predicted molar refractivity (Wildman–Crippen MR) is 55.8 cm³/mol. The van der Waals surface area contributed by atoms with Gasteiger partial charge in [0.2, 0.25) is 0 Å². The van der Waals surface area contributed by atoms with E-state index in [1.165, 1.54) is 13.2 Å². The maximum Gasteiger partial charge on any atom is 0.180 e. The maximum absolute atomic E-state index is 13.4. The van der Waals surface area contributed by atoms with E-state index in [2.05, 4.69) is 0 Å². The minimum absolute atomic E-state index is 0.153. The molecule has 0 radical (unpaired) electrons. The average molecular weight is 211 g/mol. The van der Waals surface area contributed by atoms with Crippen molar-refractivity contribution >= 4 is 5.78 Å². The summed E-state index contributed by atoms with van der Waals surface area (Å²) in [5, 5.41) is 0. The zero-order valence-corrected chi connectivity index (χ0v) is 9.06. The predicted octanol–water partition coefficient (Wildman–Crippen LogP) is 1.59. The fourth-order valence-corrected chi connectivity index (χ4v) is 1.55. The third-order valence-corrected chi connectivity index (χ3v) is 2.33. The van der Waals surface area contributed by atoms with E-state index in [1.807, 2.05) is 0 Å². The average Bonchev–Trinajstić information content (AvgIpc) is 2.21. The summed E-state index contributed by atoms with van der Waals surface area (Å²) in [6.45, 7) is 3.08. The van der Waals surface area contributed by atoms with Crippen LogP contribution in [0.1, 0.15) is 21.5 Å². The molecular weight excluding hydrogens is 197 g/mol. The number of benzene rings is 1. The summed E-state index contributed by atoms with van der Waals surface area (Å²) in [6.07, 6.45) is 0. The Morgan fingerprint density at radius 2 is 2.13 bits per heavy atom. The van der Waals surface area contributed by atoms with E-state index in [-0.39, 0.29) is 23.5 Å². The molecule has 0 aromatic heterocycles. The van der Waals surface area contributed by atoms with Gasteiger partial charge < -0.3 is 10.5 Å². The Kier molecular flexibility index (Phi) is 3.42. The Morgan fingerprint density at radius 1 is 1.53 bits per heavy atom. The number of hydrogen-bond donors (Lipinski definition) is 1. The van der Waals surface area contributed by atoms with Crippen LogP contribution in [-0.4, -0.2) is 19.4 Å². The zero-order chi connectivity index (χ0) is 11.6. The third kappa shape index (κ3) is 1.99. The highest BCUT2D eigenvalue weighted by atomic mass is 19.1. The van der Waals surface area contributed by atoms with E-state index in [0.29, 0.717) is 11.3 Å². The molecule has 0 bridgehead atoms. The van der Waals surface area contributed by atoms with Crippen LogP contribution in [0.2, 0.25) is 0 Å². The van der Waals surface area contributed by atoms with Crippen LogP contribution < -0.4 is 10.5 Å².